The summed E-state index contributed by atoms with van der Waals surface area (Å²) in [6.45, 7) is 5.63. The number of nitrogens with one attached hydrogen (secondary N) is 1. The van der Waals surface area contributed by atoms with E-state index in [1.54, 1.807) is 12.1 Å². The van der Waals surface area contributed by atoms with Crippen LogP contribution in [0, 0.1) is 5.82 Å². The molecule has 3 heteroatoms. The Bertz CT molecular complexity index is 620. The van der Waals surface area contributed by atoms with Crippen LogP contribution in [0.2, 0.25) is 0 Å². The zero-order valence-corrected chi connectivity index (χ0v) is 14.3. The van der Waals surface area contributed by atoms with Crippen LogP contribution < -0.4 is 5.32 Å². The third-order valence-electron chi connectivity index (χ3n) is 5.19. The molecule has 0 aliphatic carbocycles. The summed E-state index contributed by atoms with van der Waals surface area (Å²) < 4.78 is 18.8. The Morgan fingerprint density at radius 2 is 1.71 bits per heavy atom. The van der Waals surface area contributed by atoms with E-state index in [0.717, 1.165) is 39.1 Å². The molecule has 2 nitrogen and oxygen atoms in total. The predicted octanol–water partition coefficient (Wildman–Crippen LogP) is 4.27. The molecule has 24 heavy (non-hydrogen) atoms. The van der Waals surface area contributed by atoms with E-state index < -0.39 is 0 Å². The average Bonchev–Trinajstić information content (AvgIpc) is 2.63. The van der Waals surface area contributed by atoms with Gasteiger partial charge >= 0.3 is 0 Å². The van der Waals surface area contributed by atoms with Gasteiger partial charge in [0.1, 0.15) is 5.82 Å². The predicted molar refractivity (Wildman–Crippen MR) is 95.9 cm³/mol. The molecule has 128 valence electrons. The van der Waals surface area contributed by atoms with Crippen molar-refractivity contribution in [1.29, 1.82) is 0 Å². The summed E-state index contributed by atoms with van der Waals surface area (Å²) in [5.74, 6) is 0.294. The summed E-state index contributed by atoms with van der Waals surface area (Å²) in [7, 11) is 0. The van der Waals surface area contributed by atoms with Gasteiger partial charge in [-0.2, -0.15) is 0 Å². The van der Waals surface area contributed by atoms with Crippen LogP contribution in [0.25, 0.3) is 0 Å². The van der Waals surface area contributed by atoms with Crippen molar-refractivity contribution in [1.82, 2.24) is 5.32 Å². The molecule has 1 aliphatic heterocycles. The molecule has 1 heterocycles. The van der Waals surface area contributed by atoms with E-state index in [9.17, 15) is 4.39 Å². The van der Waals surface area contributed by atoms with Gasteiger partial charge in [0.05, 0.1) is 0 Å². The van der Waals surface area contributed by atoms with Gasteiger partial charge in [0.15, 0.2) is 0 Å². The summed E-state index contributed by atoms with van der Waals surface area (Å²) in [6.07, 6.45) is 1.96. The first-order valence-electron chi connectivity index (χ1n) is 8.79. The molecule has 1 unspecified atom stereocenters. The van der Waals surface area contributed by atoms with Gasteiger partial charge in [0, 0.05) is 31.7 Å². The quantitative estimate of drug-likeness (QED) is 0.855. The normalized spacial score (nSPS) is 18.2. The summed E-state index contributed by atoms with van der Waals surface area (Å²) in [6, 6.07) is 17.6. The largest absolute Gasteiger partial charge is 0.381 e. The number of benzene rings is 2. The lowest BCUT2D eigenvalue weighted by Crippen LogP contribution is -2.43. The van der Waals surface area contributed by atoms with Gasteiger partial charge in [0.2, 0.25) is 0 Å². The van der Waals surface area contributed by atoms with Crippen molar-refractivity contribution in [3.8, 4) is 0 Å². The molecule has 1 atom stereocenters. The average molecular weight is 327 g/mol. The van der Waals surface area contributed by atoms with Gasteiger partial charge < -0.3 is 10.1 Å². The van der Waals surface area contributed by atoms with Gasteiger partial charge in [0.25, 0.3) is 0 Å². The molecule has 0 amide bonds. The Morgan fingerprint density at radius 3 is 2.38 bits per heavy atom. The minimum absolute atomic E-state index is 0.0440. The Hall–Kier alpha value is -1.71. The third-order valence-corrected chi connectivity index (χ3v) is 5.19. The van der Waals surface area contributed by atoms with Crippen molar-refractivity contribution >= 4 is 0 Å². The van der Waals surface area contributed by atoms with Crippen LogP contribution in [0.3, 0.4) is 0 Å². The highest BCUT2D eigenvalue weighted by molar-refractivity contribution is 5.27. The zero-order valence-electron chi connectivity index (χ0n) is 14.3. The van der Waals surface area contributed by atoms with Crippen LogP contribution in [0.15, 0.2) is 54.6 Å². The SMILES string of the molecule is CC(CNCC1(c2ccc(F)cc2)CCOCC1)c1ccccc1. The lowest BCUT2D eigenvalue weighted by atomic mass is 9.74. The maximum Gasteiger partial charge on any atom is 0.123 e. The standard InChI is InChI=1S/C21H26FNO/c1-17(18-5-3-2-4-6-18)15-23-16-21(11-13-24-14-12-21)19-7-9-20(22)10-8-19/h2-10,17,23H,11-16H2,1H3. The lowest BCUT2D eigenvalue weighted by molar-refractivity contribution is 0.0498. The summed E-state index contributed by atoms with van der Waals surface area (Å²) in [5.41, 5.74) is 2.61. The molecule has 0 spiro atoms. The second-order valence-electron chi connectivity index (χ2n) is 6.84. The second kappa shape index (κ2) is 7.91. The van der Waals surface area contributed by atoms with Crippen molar-refractivity contribution in [3.63, 3.8) is 0 Å². The number of hydrogen-bond donors (Lipinski definition) is 1. The molecule has 1 aliphatic rings. The van der Waals surface area contributed by atoms with Crippen LogP contribution >= 0.6 is 0 Å². The molecule has 0 radical (unpaired) electrons. The number of hydrogen-bond acceptors (Lipinski definition) is 2. The Morgan fingerprint density at radius 1 is 1.04 bits per heavy atom. The van der Waals surface area contributed by atoms with Crippen molar-refractivity contribution in [2.45, 2.75) is 31.1 Å². The van der Waals surface area contributed by atoms with Gasteiger partial charge in [-0.1, -0.05) is 49.4 Å². The van der Waals surface area contributed by atoms with E-state index in [1.165, 1.54) is 11.1 Å². The molecule has 3 rings (SSSR count). The summed E-state index contributed by atoms with van der Waals surface area (Å²) in [5, 5.41) is 3.66. The molecular weight excluding hydrogens is 301 g/mol. The summed E-state index contributed by atoms with van der Waals surface area (Å²) in [4.78, 5) is 0. The van der Waals surface area contributed by atoms with Crippen LogP contribution in [0.4, 0.5) is 4.39 Å². The highest BCUT2D eigenvalue weighted by Crippen LogP contribution is 2.34. The van der Waals surface area contributed by atoms with E-state index >= 15 is 0 Å². The fourth-order valence-corrected chi connectivity index (χ4v) is 3.56. The second-order valence-corrected chi connectivity index (χ2v) is 6.84. The molecule has 0 aromatic heterocycles. The maximum atomic E-state index is 13.3. The van der Waals surface area contributed by atoms with Gasteiger partial charge in [-0.25, -0.2) is 4.39 Å². The van der Waals surface area contributed by atoms with Crippen molar-refractivity contribution < 1.29 is 9.13 Å². The zero-order chi connectivity index (χ0) is 16.8. The highest BCUT2D eigenvalue weighted by Gasteiger charge is 2.34. The van der Waals surface area contributed by atoms with Gasteiger partial charge in [-0.05, 0) is 42.0 Å². The molecule has 0 bridgehead atoms. The van der Waals surface area contributed by atoms with Crippen LogP contribution in [-0.4, -0.2) is 26.3 Å². The lowest BCUT2D eigenvalue weighted by Gasteiger charge is -2.38. The Labute approximate surface area is 144 Å². The Balaban J connectivity index is 1.65. The first kappa shape index (κ1) is 17.1. The molecule has 1 saturated heterocycles. The molecule has 0 saturated carbocycles. The topological polar surface area (TPSA) is 21.3 Å². The number of halogens is 1. The van der Waals surface area contributed by atoms with E-state index in [-0.39, 0.29) is 11.2 Å². The molecule has 2 aromatic carbocycles. The maximum absolute atomic E-state index is 13.3. The van der Waals surface area contributed by atoms with E-state index in [1.807, 2.05) is 12.1 Å². The van der Waals surface area contributed by atoms with E-state index in [4.69, 9.17) is 4.74 Å². The molecule has 1 N–H and O–H groups in total. The minimum atomic E-state index is -0.174. The fraction of sp³-hybridized carbons (Fsp3) is 0.429. The first-order chi connectivity index (χ1) is 11.7. The molecule has 2 aromatic rings. The van der Waals surface area contributed by atoms with Crippen molar-refractivity contribution in [3.05, 3.63) is 71.5 Å². The van der Waals surface area contributed by atoms with Gasteiger partial charge in [-0.3, -0.25) is 0 Å². The van der Waals surface area contributed by atoms with E-state index in [2.05, 4.69) is 42.6 Å². The van der Waals surface area contributed by atoms with Crippen LogP contribution in [0.5, 0.6) is 0 Å². The number of rotatable bonds is 6. The van der Waals surface area contributed by atoms with Crippen molar-refractivity contribution in [2.75, 3.05) is 26.3 Å². The van der Waals surface area contributed by atoms with Gasteiger partial charge in [-0.15, -0.1) is 0 Å². The fourth-order valence-electron chi connectivity index (χ4n) is 3.56. The number of ether oxygens (including phenoxy) is 1. The van der Waals surface area contributed by atoms with E-state index in [0.29, 0.717) is 5.92 Å². The summed E-state index contributed by atoms with van der Waals surface area (Å²) >= 11 is 0. The third kappa shape index (κ3) is 4.03. The van der Waals surface area contributed by atoms with Crippen LogP contribution in [-0.2, 0) is 10.2 Å². The monoisotopic (exact) mass is 327 g/mol. The Kier molecular flexibility index (Phi) is 5.64. The minimum Gasteiger partial charge on any atom is -0.381 e. The first-order valence-corrected chi connectivity index (χ1v) is 8.79. The smallest absolute Gasteiger partial charge is 0.123 e. The molecular formula is C21H26FNO. The van der Waals surface area contributed by atoms with Crippen molar-refractivity contribution in [2.24, 2.45) is 0 Å². The highest BCUT2D eigenvalue weighted by atomic mass is 19.1. The van der Waals surface area contributed by atoms with Crippen LogP contribution in [0.1, 0.15) is 36.8 Å². The molecule has 1 fully saturated rings.